The van der Waals surface area contributed by atoms with Gasteiger partial charge in [0.15, 0.2) is 0 Å². The van der Waals surface area contributed by atoms with Gasteiger partial charge in [-0.1, -0.05) is 12.1 Å². The predicted octanol–water partition coefficient (Wildman–Crippen LogP) is 4.44. The second-order valence-electron chi connectivity index (χ2n) is 7.11. The van der Waals surface area contributed by atoms with Crippen molar-refractivity contribution in [1.29, 1.82) is 0 Å². The number of hydrogen-bond donors (Lipinski definition) is 0. The highest BCUT2D eigenvalue weighted by molar-refractivity contribution is 6.43. The topological polar surface area (TPSA) is 125 Å². The fraction of sp³-hybridized carbons (Fsp3) is 0.250. The number of rotatable bonds is 9. The van der Waals surface area contributed by atoms with E-state index in [1.165, 1.54) is 0 Å². The van der Waals surface area contributed by atoms with Gasteiger partial charge in [0.1, 0.15) is 0 Å². The average molecular weight is 457 g/mol. The Morgan fingerprint density at radius 3 is 1.12 bits per heavy atom. The maximum absolute atomic E-state index is 4.22. The zero-order chi connectivity index (χ0) is 24.8. The summed E-state index contributed by atoms with van der Waals surface area (Å²) in [5.41, 5.74) is 5.27. The van der Waals surface area contributed by atoms with E-state index in [0.29, 0.717) is 34.3 Å². The fourth-order valence-corrected chi connectivity index (χ4v) is 1.99. The smallest absolute Gasteiger partial charge is 0.0831 e. The van der Waals surface area contributed by atoms with E-state index in [2.05, 4.69) is 50.8 Å². The van der Waals surface area contributed by atoms with Gasteiger partial charge in [-0.2, -0.15) is 40.8 Å². The Bertz CT molecular complexity index is 1090. The van der Waals surface area contributed by atoms with Crippen LogP contribution < -0.4 is 0 Å². The van der Waals surface area contributed by atoms with Gasteiger partial charge in [0, 0.05) is 12.4 Å². The maximum Gasteiger partial charge on any atom is 0.0831 e. The van der Waals surface area contributed by atoms with Crippen molar-refractivity contribution in [3.05, 3.63) is 60.2 Å². The molecule has 174 valence electrons. The van der Waals surface area contributed by atoms with Crippen molar-refractivity contribution in [3.63, 3.8) is 0 Å². The van der Waals surface area contributed by atoms with Crippen LogP contribution in [0.25, 0.3) is 0 Å². The van der Waals surface area contributed by atoms with Crippen LogP contribution in [0.3, 0.4) is 0 Å². The Kier molecular flexibility index (Phi) is 10.6. The van der Waals surface area contributed by atoms with Gasteiger partial charge in [0.2, 0.25) is 0 Å². The van der Waals surface area contributed by atoms with Gasteiger partial charge in [-0.15, -0.1) is 0 Å². The van der Waals surface area contributed by atoms with E-state index >= 15 is 0 Å². The summed E-state index contributed by atoms with van der Waals surface area (Å²) in [6.07, 6.45) is 6.56. The lowest BCUT2D eigenvalue weighted by atomic mass is 10.3. The van der Waals surface area contributed by atoms with E-state index < -0.39 is 0 Å². The van der Waals surface area contributed by atoms with Gasteiger partial charge < -0.3 is 0 Å². The molecular weight excluding hydrogens is 428 g/mol. The molecule has 2 rings (SSSR count). The van der Waals surface area contributed by atoms with E-state index in [1.807, 2.05) is 77.9 Å². The largest absolute Gasteiger partial charge is 0.255 e. The van der Waals surface area contributed by atoms with Crippen LogP contribution in [0.1, 0.15) is 52.9 Å². The summed E-state index contributed by atoms with van der Waals surface area (Å²) in [4.78, 5) is 8.31. The van der Waals surface area contributed by atoms with Crippen LogP contribution in [0.15, 0.2) is 89.6 Å². The first-order valence-electron chi connectivity index (χ1n) is 10.5. The zero-order valence-corrected chi connectivity index (χ0v) is 20.2. The third-order valence-corrected chi connectivity index (χ3v) is 4.44. The molecule has 0 unspecified atom stereocenters. The zero-order valence-electron chi connectivity index (χ0n) is 20.2. The summed E-state index contributed by atoms with van der Waals surface area (Å²) < 4.78 is 0. The molecule has 2 aromatic rings. The molecule has 0 saturated carbocycles. The minimum atomic E-state index is 0.628. The lowest BCUT2D eigenvalue weighted by Gasteiger charge is -1.98. The standard InChI is InChI=1S/C24H28N10/c1-17(29-27-15-23-11-7-9-13-25-23)19(3)31-33-21(5)22(6)34-32-20(4)18(2)30-28-16-24-12-8-10-14-26-24/h7-16H,1-6H3/b27-15+,28-16+,29-17-,30-18+,31-19-,32-20-,33-21-,34-22-. The van der Waals surface area contributed by atoms with Gasteiger partial charge in [-0.05, 0) is 65.8 Å². The number of pyridine rings is 2. The fourth-order valence-electron chi connectivity index (χ4n) is 1.99. The molecule has 0 aliphatic rings. The van der Waals surface area contributed by atoms with Crippen molar-refractivity contribution in [2.75, 3.05) is 0 Å². The molecule has 0 radical (unpaired) electrons. The molecule has 0 amide bonds. The van der Waals surface area contributed by atoms with E-state index in [9.17, 15) is 0 Å². The second kappa shape index (κ2) is 13.9. The lowest BCUT2D eigenvalue weighted by molar-refractivity contribution is 1.19. The van der Waals surface area contributed by atoms with E-state index in [4.69, 9.17) is 0 Å². The molecule has 0 fully saturated rings. The molecule has 0 saturated heterocycles. The van der Waals surface area contributed by atoms with Crippen molar-refractivity contribution in [2.45, 2.75) is 41.5 Å². The third kappa shape index (κ3) is 9.43. The quantitative estimate of drug-likeness (QED) is 0.409. The Balaban J connectivity index is 2.00. The highest BCUT2D eigenvalue weighted by atomic mass is 15.3. The maximum atomic E-state index is 4.22. The molecule has 0 spiro atoms. The molecular formula is C24H28N10. The van der Waals surface area contributed by atoms with Crippen LogP contribution in [0.5, 0.6) is 0 Å². The Labute approximate surface area is 199 Å². The van der Waals surface area contributed by atoms with Crippen molar-refractivity contribution < 1.29 is 0 Å². The lowest BCUT2D eigenvalue weighted by Crippen LogP contribution is -2.09. The van der Waals surface area contributed by atoms with Gasteiger partial charge in [-0.25, -0.2) is 0 Å². The molecule has 10 nitrogen and oxygen atoms in total. The first-order chi connectivity index (χ1) is 16.4. The molecule has 2 aromatic heterocycles. The SMILES string of the molecule is CC(=N/N=C(C)\C(C)=N/N=C/c1ccccn1)/C(C)=N\N=C(C)/C(C)=N/N=C/c1ccccn1. The summed E-state index contributed by atoms with van der Waals surface area (Å²) in [5, 5.41) is 33.2. The van der Waals surface area contributed by atoms with Gasteiger partial charge in [0.05, 0.1) is 58.1 Å². The number of aromatic nitrogens is 2. The van der Waals surface area contributed by atoms with Crippen molar-refractivity contribution >= 4 is 46.7 Å². The van der Waals surface area contributed by atoms with Crippen LogP contribution in [0, 0.1) is 0 Å². The summed E-state index contributed by atoms with van der Waals surface area (Å²) >= 11 is 0. The van der Waals surface area contributed by atoms with E-state index in [-0.39, 0.29) is 0 Å². The molecule has 10 heteroatoms. The van der Waals surface area contributed by atoms with Crippen molar-refractivity contribution in [2.24, 2.45) is 40.8 Å². The normalized spacial score (nSPS) is 15.0. The molecule has 2 heterocycles. The van der Waals surface area contributed by atoms with Crippen LogP contribution in [0.2, 0.25) is 0 Å². The molecule has 0 bridgehead atoms. The first-order valence-corrected chi connectivity index (χ1v) is 10.5. The van der Waals surface area contributed by atoms with Crippen LogP contribution in [-0.2, 0) is 0 Å². The minimum Gasteiger partial charge on any atom is -0.255 e. The highest BCUT2D eigenvalue weighted by Crippen LogP contribution is 1.95. The van der Waals surface area contributed by atoms with Gasteiger partial charge in [0.25, 0.3) is 0 Å². The second-order valence-corrected chi connectivity index (χ2v) is 7.11. The summed E-state index contributed by atoms with van der Waals surface area (Å²) in [6.45, 7) is 10.9. The van der Waals surface area contributed by atoms with Crippen molar-refractivity contribution in [3.8, 4) is 0 Å². The predicted molar refractivity (Wildman–Crippen MR) is 142 cm³/mol. The van der Waals surface area contributed by atoms with Gasteiger partial charge in [-0.3, -0.25) is 9.97 Å². The molecule has 0 N–H and O–H groups in total. The van der Waals surface area contributed by atoms with Crippen LogP contribution in [0.4, 0.5) is 0 Å². The van der Waals surface area contributed by atoms with Gasteiger partial charge >= 0.3 is 0 Å². The first kappa shape index (κ1) is 25.9. The van der Waals surface area contributed by atoms with Crippen LogP contribution >= 0.6 is 0 Å². The molecule has 0 atom stereocenters. The summed E-state index contributed by atoms with van der Waals surface area (Å²) in [7, 11) is 0. The Hall–Kier alpha value is -4.34. The highest BCUT2D eigenvalue weighted by Gasteiger charge is 2.01. The number of nitrogens with zero attached hydrogens (tertiary/aromatic N) is 10. The molecule has 34 heavy (non-hydrogen) atoms. The van der Waals surface area contributed by atoms with Crippen LogP contribution in [-0.4, -0.2) is 56.7 Å². The molecule has 0 aliphatic heterocycles. The minimum absolute atomic E-state index is 0.628. The monoisotopic (exact) mass is 456 g/mol. The summed E-state index contributed by atoms with van der Waals surface area (Å²) in [6, 6.07) is 11.1. The van der Waals surface area contributed by atoms with E-state index in [1.54, 1.807) is 24.8 Å². The third-order valence-electron chi connectivity index (χ3n) is 4.44. The Morgan fingerprint density at radius 1 is 0.500 bits per heavy atom. The summed E-state index contributed by atoms with van der Waals surface area (Å²) in [5.74, 6) is 0. The Morgan fingerprint density at radius 2 is 0.824 bits per heavy atom. The molecule has 0 aromatic carbocycles. The van der Waals surface area contributed by atoms with E-state index in [0.717, 1.165) is 11.4 Å². The molecule has 0 aliphatic carbocycles. The van der Waals surface area contributed by atoms with Crippen molar-refractivity contribution in [1.82, 2.24) is 9.97 Å². The average Bonchev–Trinajstić information content (AvgIpc) is 2.86. The number of hydrogen-bond acceptors (Lipinski definition) is 10.